The molecule has 2 N–H and O–H groups in total. The summed E-state index contributed by atoms with van der Waals surface area (Å²) in [5, 5.41) is 10.8. The van der Waals surface area contributed by atoms with Crippen molar-refractivity contribution >= 4 is 15.9 Å². The van der Waals surface area contributed by atoms with Gasteiger partial charge in [-0.2, -0.15) is 9.40 Å². The molecular weight excluding hydrogens is 342 g/mol. The zero-order chi connectivity index (χ0) is 18.1. The van der Waals surface area contributed by atoms with Gasteiger partial charge < -0.3 is 10.6 Å². The van der Waals surface area contributed by atoms with Gasteiger partial charge in [0.15, 0.2) is 0 Å². The lowest BCUT2D eigenvalue weighted by Gasteiger charge is -2.32. The Kier molecular flexibility index (Phi) is 5.17. The Balaban J connectivity index is 1.64. The normalized spacial score (nSPS) is 25.2. The lowest BCUT2D eigenvalue weighted by molar-refractivity contribution is -0.131. The average molecular weight is 369 g/mol. The highest BCUT2D eigenvalue weighted by Crippen LogP contribution is 2.25. The summed E-state index contributed by atoms with van der Waals surface area (Å²) in [5.74, 6) is 0.0423. The summed E-state index contributed by atoms with van der Waals surface area (Å²) in [5.41, 5.74) is 1.27. The van der Waals surface area contributed by atoms with Crippen LogP contribution in [-0.4, -0.2) is 54.3 Å². The number of fused-ring (bicyclic) bond motifs is 1. The van der Waals surface area contributed by atoms with Crippen LogP contribution in [0.4, 0.5) is 0 Å². The Morgan fingerprint density at radius 1 is 1.40 bits per heavy atom. The number of nitrogens with one attached hydrogen (secondary N) is 2. The third kappa shape index (κ3) is 4.21. The molecule has 2 aliphatic rings. The molecule has 0 aliphatic carbocycles. The molecule has 0 bridgehead atoms. The lowest BCUT2D eigenvalue weighted by atomic mass is 9.82. The number of piperidine rings is 1. The monoisotopic (exact) mass is 369 g/mol. The fourth-order valence-corrected chi connectivity index (χ4v) is 4.32. The predicted molar refractivity (Wildman–Crippen MR) is 94.2 cm³/mol. The van der Waals surface area contributed by atoms with Crippen LogP contribution in [0.2, 0.25) is 0 Å². The van der Waals surface area contributed by atoms with Gasteiger partial charge in [0.1, 0.15) is 0 Å². The number of carbonyl (C=O) groups excluding carboxylic acids is 1. The SMILES string of the molecule is C[C@@]1(C(=O)NCc2cc3n(n2)CCCN(S(C)(=O)=O)C3)CCCNC1. The van der Waals surface area contributed by atoms with Gasteiger partial charge >= 0.3 is 0 Å². The van der Waals surface area contributed by atoms with Gasteiger partial charge in [0.2, 0.25) is 15.9 Å². The van der Waals surface area contributed by atoms with Gasteiger partial charge in [0.25, 0.3) is 0 Å². The van der Waals surface area contributed by atoms with E-state index in [4.69, 9.17) is 0 Å². The van der Waals surface area contributed by atoms with Crippen LogP contribution in [0, 0.1) is 5.41 Å². The largest absolute Gasteiger partial charge is 0.350 e. The molecule has 0 aromatic carbocycles. The molecule has 0 spiro atoms. The minimum Gasteiger partial charge on any atom is -0.350 e. The number of hydrogen-bond donors (Lipinski definition) is 2. The van der Waals surface area contributed by atoms with Crippen LogP contribution in [-0.2, 0) is 34.5 Å². The molecule has 8 nitrogen and oxygen atoms in total. The fraction of sp³-hybridized carbons (Fsp3) is 0.750. The van der Waals surface area contributed by atoms with E-state index in [9.17, 15) is 13.2 Å². The van der Waals surface area contributed by atoms with Gasteiger partial charge in [0.05, 0.1) is 36.1 Å². The second-order valence-electron chi connectivity index (χ2n) is 7.32. The molecule has 3 heterocycles. The van der Waals surface area contributed by atoms with Crippen LogP contribution in [0.5, 0.6) is 0 Å². The van der Waals surface area contributed by atoms with Crippen LogP contribution in [0.25, 0.3) is 0 Å². The summed E-state index contributed by atoms with van der Waals surface area (Å²) in [6.07, 6.45) is 3.86. The van der Waals surface area contributed by atoms with Crippen molar-refractivity contribution in [2.45, 2.75) is 45.8 Å². The molecule has 140 valence electrons. The zero-order valence-electron chi connectivity index (χ0n) is 14.9. The molecular formula is C16H27N5O3S. The summed E-state index contributed by atoms with van der Waals surface area (Å²) in [4.78, 5) is 12.5. The van der Waals surface area contributed by atoms with Crippen LogP contribution in [0.15, 0.2) is 6.07 Å². The molecule has 3 rings (SSSR count). The van der Waals surface area contributed by atoms with Crippen molar-refractivity contribution in [1.82, 2.24) is 24.7 Å². The van der Waals surface area contributed by atoms with Crippen LogP contribution >= 0.6 is 0 Å². The van der Waals surface area contributed by atoms with E-state index in [-0.39, 0.29) is 11.3 Å². The van der Waals surface area contributed by atoms with E-state index in [1.54, 1.807) is 0 Å². The maximum atomic E-state index is 12.5. The number of nitrogens with zero attached hydrogens (tertiary/aromatic N) is 3. The summed E-state index contributed by atoms with van der Waals surface area (Å²) >= 11 is 0. The van der Waals surface area contributed by atoms with E-state index in [1.165, 1.54) is 10.6 Å². The van der Waals surface area contributed by atoms with Crippen molar-refractivity contribution in [2.24, 2.45) is 5.41 Å². The van der Waals surface area contributed by atoms with E-state index in [1.807, 2.05) is 17.7 Å². The fourth-order valence-electron chi connectivity index (χ4n) is 3.50. The summed E-state index contributed by atoms with van der Waals surface area (Å²) < 4.78 is 27.0. The summed E-state index contributed by atoms with van der Waals surface area (Å²) in [6, 6.07) is 1.89. The third-order valence-corrected chi connectivity index (χ3v) is 6.32. The first-order valence-electron chi connectivity index (χ1n) is 8.78. The van der Waals surface area contributed by atoms with Gasteiger partial charge in [-0.25, -0.2) is 8.42 Å². The quantitative estimate of drug-likeness (QED) is 0.782. The molecule has 0 radical (unpaired) electrons. The zero-order valence-corrected chi connectivity index (χ0v) is 15.7. The minimum absolute atomic E-state index is 0.0423. The van der Waals surface area contributed by atoms with Crippen molar-refractivity contribution in [3.63, 3.8) is 0 Å². The highest BCUT2D eigenvalue weighted by molar-refractivity contribution is 7.88. The number of carbonyl (C=O) groups is 1. The van der Waals surface area contributed by atoms with Gasteiger partial charge in [-0.05, 0) is 38.8 Å². The highest BCUT2D eigenvalue weighted by Gasteiger charge is 2.34. The minimum atomic E-state index is -3.22. The molecule has 1 saturated heterocycles. The maximum Gasteiger partial charge on any atom is 0.227 e. The van der Waals surface area contributed by atoms with E-state index in [0.717, 1.165) is 37.2 Å². The van der Waals surface area contributed by atoms with Crippen molar-refractivity contribution in [3.05, 3.63) is 17.5 Å². The van der Waals surface area contributed by atoms with Crippen LogP contribution in [0.1, 0.15) is 37.6 Å². The molecule has 2 aliphatic heterocycles. The van der Waals surface area contributed by atoms with E-state index >= 15 is 0 Å². The Morgan fingerprint density at radius 2 is 2.20 bits per heavy atom. The summed E-state index contributed by atoms with van der Waals surface area (Å²) in [7, 11) is -3.22. The molecule has 1 amide bonds. The number of aromatic nitrogens is 2. The molecule has 0 unspecified atom stereocenters. The van der Waals surface area contributed by atoms with Crippen molar-refractivity contribution in [2.75, 3.05) is 25.9 Å². The van der Waals surface area contributed by atoms with Crippen molar-refractivity contribution in [3.8, 4) is 0 Å². The molecule has 1 aromatic heterocycles. The third-order valence-electron chi connectivity index (χ3n) is 5.07. The standard InChI is InChI=1S/C16H27N5O3S/c1-16(5-3-6-17-12-16)15(22)18-10-13-9-14-11-20(25(2,23)24)7-4-8-21(14)19-13/h9,17H,3-8,10-12H2,1-2H3,(H,18,22)/t16-/m1/s1. The second kappa shape index (κ2) is 7.05. The topological polar surface area (TPSA) is 96.3 Å². The summed E-state index contributed by atoms with van der Waals surface area (Å²) in [6.45, 7) is 5.56. The van der Waals surface area contributed by atoms with Gasteiger partial charge in [0, 0.05) is 19.6 Å². The molecule has 1 fully saturated rings. The first kappa shape index (κ1) is 18.3. The average Bonchev–Trinajstić information content (AvgIpc) is 2.82. The van der Waals surface area contributed by atoms with Crippen LogP contribution in [0.3, 0.4) is 0 Å². The number of sulfonamides is 1. The van der Waals surface area contributed by atoms with Gasteiger partial charge in [-0.3, -0.25) is 9.48 Å². The first-order valence-corrected chi connectivity index (χ1v) is 10.6. The second-order valence-corrected chi connectivity index (χ2v) is 9.31. The Hall–Kier alpha value is -1.45. The Labute approximate surface area is 149 Å². The van der Waals surface area contributed by atoms with Crippen molar-refractivity contribution < 1.29 is 13.2 Å². The predicted octanol–water partition coefficient (Wildman–Crippen LogP) is 0.0543. The first-order chi connectivity index (χ1) is 11.8. The highest BCUT2D eigenvalue weighted by atomic mass is 32.2. The number of rotatable bonds is 4. The Bertz CT molecular complexity index is 737. The lowest BCUT2D eigenvalue weighted by Crippen LogP contribution is -2.48. The van der Waals surface area contributed by atoms with Gasteiger partial charge in [-0.1, -0.05) is 0 Å². The molecule has 1 aromatic rings. The molecule has 0 saturated carbocycles. The van der Waals surface area contributed by atoms with E-state index in [0.29, 0.717) is 32.7 Å². The number of amides is 1. The molecule has 1 atom stereocenters. The van der Waals surface area contributed by atoms with E-state index in [2.05, 4.69) is 15.7 Å². The smallest absolute Gasteiger partial charge is 0.227 e. The molecule has 25 heavy (non-hydrogen) atoms. The van der Waals surface area contributed by atoms with Crippen molar-refractivity contribution in [1.29, 1.82) is 0 Å². The van der Waals surface area contributed by atoms with Crippen LogP contribution < -0.4 is 10.6 Å². The Morgan fingerprint density at radius 3 is 2.88 bits per heavy atom. The van der Waals surface area contributed by atoms with E-state index < -0.39 is 10.0 Å². The maximum absolute atomic E-state index is 12.5. The number of aryl methyl sites for hydroxylation is 1. The molecule has 9 heteroatoms. The van der Waals surface area contributed by atoms with Gasteiger partial charge in [-0.15, -0.1) is 0 Å². The number of hydrogen-bond acceptors (Lipinski definition) is 5.